The number of benzene rings is 2. The molecule has 0 radical (unpaired) electrons. The van der Waals surface area contributed by atoms with Gasteiger partial charge in [-0.25, -0.2) is 4.39 Å². The number of hydrogen-bond acceptors (Lipinski definition) is 3. The average Bonchev–Trinajstić information content (AvgIpc) is 3.44. The van der Waals surface area contributed by atoms with Gasteiger partial charge in [0.15, 0.2) is 5.11 Å². The molecule has 3 heterocycles. The smallest absolute Gasteiger partial charge is 0.174 e. The Balaban J connectivity index is 1.67. The molecule has 0 amide bonds. The van der Waals surface area contributed by atoms with E-state index in [0.29, 0.717) is 5.11 Å². The van der Waals surface area contributed by atoms with E-state index in [1.807, 2.05) is 71.4 Å². The largest absolute Gasteiger partial charge is 0.497 e. The Morgan fingerprint density at radius 2 is 1.81 bits per heavy atom. The monoisotopic (exact) mass is 444 g/mol. The van der Waals surface area contributed by atoms with Gasteiger partial charge >= 0.3 is 0 Å². The van der Waals surface area contributed by atoms with Gasteiger partial charge in [0.25, 0.3) is 0 Å². The van der Waals surface area contributed by atoms with Gasteiger partial charge in [0, 0.05) is 35.5 Å². The third-order valence-electron chi connectivity index (χ3n) is 5.60. The fourth-order valence-corrected chi connectivity index (χ4v) is 4.54. The maximum absolute atomic E-state index is 14.0. The molecule has 160 valence electrons. The van der Waals surface area contributed by atoms with Crippen LogP contribution in [-0.4, -0.2) is 21.8 Å². The normalized spacial score (nSPS) is 17.9. The first kappa shape index (κ1) is 20.2. The van der Waals surface area contributed by atoms with E-state index in [0.717, 1.165) is 28.5 Å². The summed E-state index contributed by atoms with van der Waals surface area (Å²) in [6, 6.07) is 23.8. The lowest BCUT2D eigenvalue weighted by Crippen LogP contribution is -2.30. The van der Waals surface area contributed by atoms with E-state index < -0.39 is 0 Å². The van der Waals surface area contributed by atoms with Gasteiger partial charge in [-0.2, -0.15) is 0 Å². The van der Waals surface area contributed by atoms with Crippen molar-refractivity contribution in [1.29, 1.82) is 0 Å². The molecule has 2 atom stereocenters. The van der Waals surface area contributed by atoms with Crippen molar-refractivity contribution in [1.82, 2.24) is 14.9 Å². The van der Waals surface area contributed by atoms with E-state index in [9.17, 15) is 4.39 Å². The maximum Gasteiger partial charge on any atom is 0.174 e. The zero-order valence-electron chi connectivity index (χ0n) is 17.4. The predicted molar refractivity (Wildman–Crippen MR) is 127 cm³/mol. The van der Waals surface area contributed by atoms with Crippen LogP contribution in [0.5, 0.6) is 5.75 Å². The highest BCUT2D eigenvalue weighted by molar-refractivity contribution is 7.80. The van der Waals surface area contributed by atoms with Gasteiger partial charge in [-0.1, -0.05) is 18.2 Å². The number of halogens is 1. The van der Waals surface area contributed by atoms with E-state index in [2.05, 4.69) is 15.2 Å². The number of nitrogens with zero attached hydrogens (tertiary/aromatic N) is 3. The number of ether oxygens (including phenoxy) is 1. The van der Waals surface area contributed by atoms with Crippen molar-refractivity contribution in [2.24, 2.45) is 0 Å². The third kappa shape index (κ3) is 3.61. The summed E-state index contributed by atoms with van der Waals surface area (Å²) in [4.78, 5) is 6.66. The lowest BCUT2D eigenvalue weighted by molar-refractivity contribution is 0.414. The van der Waals surface area contributed by atoms with Gasteiger partial charge in [-0.15, -0.1) is 0 Å². The number of nitrogens with one attached hydrogen (secondary N) is 1. The quantitative estimate of drug-likeness (QED) is 0.429. The number of thiocarbonyl (C=S) groups is 1. The van der Waals surface area contributed by atoms with E-state index >= 15 is 0 Å². The summed E-state index contributed by atoms with van der Waals surface area (Å²) < 4.78 is 21.5. The maximum atomic E-state index is 14.0. The molecule has 5 rings (SSSR count). The minimum Gasteiger partial charge on any atom is -0.497 e. The first-order valence-electron chi connectivity index (χ1n) is 10.2. The summed E-state index contributed by atoms with van der Waals surface area (Å²) in [5.74, 6) is 0.457. The van der Waals surface area contributed by atoms with Crippen LogP contribution in [0.2, 0.25) is 0 Å². The summed E-state index contributed by atoms with van der Waals surface area (Å²) in [5.41, 5.74) is 3.48. The molecular formula is C25H21FN4OS. The van der Waals surface area contributed by atoms with Crippen LogP contribution in [0.4, 0.5) is 10.1 Å². The second-order valence-corrected chi connectivity index (χ2v) is 7.87. The molecular weight excluding hydrogens is 423 g/mol. The first-order chi connectivity index (χ1) is 15.7. The number of hydrogen-bond donors (Lipinski definition) is 1. The van der Waals surface area contributed by atoms with Crippen molar-refractivity contribution in [2.45, 2.75) is 12.1 Å². The highest BCUT2D eigenvalue weighted by Crippen LogP contribution is 2.42. The summed E-state index contributed by atoms with van der Waals surface area (Å²) in [6.45, 7) is 0. The van der Waals surface area contributed by atoms with E-state index in [-0.39, 0.29) is 17.9 Å². The molecule has 2 aromatic carbocycles. The highest BCUT2D eigenvalue weighted by atomic mass is 32.1. The van der Waals surface area contributed by atoms with Crippen LogP contribution in [0.3, 0.4) is 0 Å². The van der Waals surface area contributed by atoms with Crippen molar-refractivity contribution >= 4 is 23.0 Å². The fraction of sp³-hybridized carbons (Fsp3) is 0.120. The summed E-state index contributed by atoms with van der Waals surface area (Å²) in [6.07, 6.45) is 3.71. The molecule has 1 aliphatic heterocycles. The van der Waals surface area contributed by atoms with E-state index in [4.69, 9.17) is 17.0 Å². The minimum atomic E-state index is -0.284. The molecule has 1 saturated heterocycles. The zero-order valence-corrected chi connectivity index (χ0v) is 18.2. The fourth-order valence-electron chi connectivity index (χ4n) is 4.19. The summed E-state index contributed by atoms with van der Waals surface area (Å²) >= 11 is 5.79. The Morgan fingerprint density at radius 1 is 0.969 bits per heavy atom. The second kappa shape index (κ2) is 8.43. The first-order valence-corrected chi connectivity index (χ1v) is 10.6. The van der Waals surface area contributed by atoms with Crippen molar-refractivity contribution in [2.75, 3.05) is 12.0 Å². The Bertz CT molecular complexity index is 1260. The minimum absolute atomic E-state index is 0.197. The number of methoxy groups -OCH3 is 1. The summed E-state index contributed by atoms with van der Waals surface area (Å²) in [7, 11) is 1.64. The summed E-state index contributed by atoms with van der Waals surface area (Å²) in [5, 5.41) is 4.04. The van der Waals surface area contributed by atoms with E-state index in [1.165, 1.54) is 12.1 Å². The molecule has 4 aromatic rings. The molecule has 0 saturated carbocycles. The lowest BCUT2D eigenvalue weighted by atomic mass is 10.0. The SMILES string of the molecule is COc1cccc(N2C(=S)NC(c3ccccn3)C2c2cccn2-c2cccc(F)c2)c1. The Morgan fingerprint density at radius 3 is 2.59 bits per heavy atom. The number of rotatable bonds is 5. The zero-order chi connectivity index (χ0) is 22.1. The number of anilines is 1. The van der Waals surface area contributed by atoms with Crippen molar-refractivity contribution in [3.05, 3.63) is 108 Å². The molecule has 1 fully saturated rings. The molecule has 0 bridgehead atoms. The molecule has 0 aliphatic carbocycles. The Kier molecular flexibility index (Phi) is 5.33. The topological polar surface area (TPSA) is 42.3 Å². The molecule has 2 aromatic heterocycles. The van der Waals surface area contributed by atoms with Crippen LogP contribution < -0.4 is 15.0 Å². The van der Waals surface area contributed by atoms with Crippen molar-refractivity contribution < 1.29 is 9.13 Å². The average molecular weight is 445 g/mol. The standard InChI is InChI=1S/C25H21FN4OS/c1-31-20-10-5-9-19(16-20)30-24(23(28-25(30)32)21-11-2-3-13-27-21)22-12-6-14-29(22)18-8-4-7-17(26)15-18/h2-16,23-24H,1H3,(H,28,32). The van der Waals surface area contributed by atoms with Crippen LogP contribution in [0.25, 0.3) is 5.69 Å². The molecule has 2 unspecified atom stereocenters. The highest BCUT2D eigenvalue weighted by Gasteiger charge is 2.42. The Labute approximate surface area is 191 Å². The van der Waals surface area contributed by atoms with Gasteiger partial charge in [0.05, 0.1) is 18.8 Å². The third-order valence-corrected chi connectivity index (χ3v) is 5.91. The van der Waals surface area contributed by atoms with E-state index in [1.54, 1.807) is 19.4 Å². The number of pyridine rings is 1. The van der Waals surface area contributed by atoms with Gasteiger partial charge in [0.1, 0.15) is 17.6 Å². The molecule has 1 aliphatic rings. The molecule has 5 nitrogen and oxygen atoms in total. The number of aromatic nitrogens is 2. The van der Waals surface area contributed by atoms with Crippen molar-refractivity contribution in [3.63, 3.8) is 0 Å². The predicted octanol–water partition coefficient (Wildman–Crippen LogP) is 5.20. The van der Waals surface area contributed by atoms with Gasteiger partial charge < -0.3 is 19.5 Å². The van der Waals surface area contributed by atoms with Crippen LogP contribution in [0, 0.1) is 5.82 Å². The molecule has 32 heavy (non-hydrogen) atoms. The van der Waals surface area contributed by atoms with Crippen LogP contribution >= 0.6 is 12.2 Å². The second-order valence-electron chi connectivity index (χ2n) is 7.48. The molecule has 0 spiro atoms. The molecule has 7 heteroatoms. The molecule has 1 N–H and O–H groups in total. The van der Waals surface area contributed by atoms with Gasteiger partial charge in [0.2, 0.25) is 0 Å². The van der Waals surface area contributed by atoms with Crippen LogP contribution in [0.1, 0.15) is 23.5 Å². The Hall–Kier alpha value is -3.71. The van der Waals surface area contributed by atoms with Gasteiger partial charge in [-0.3, -0.25) is 4.98 Å². The lowest BCUT2D eigenvalue weighted by Gasteiger charge is -2.29. The van der Waals surface area contributed by atoms with Crippen LogP contribution in [-0.2, 0) is 0 Å². The van der Waals surface area contributed by atoms with Crippen molar-refractivity contribution in [3.8, 4) is 11.4 Å². The van der Waals surface area contributed by atoms with Gasteiger partial charge in [-0.05, 0) is 66.8 Å². The van der Waals surface area contributed by atoms with Crippen LogP contribution in [0.15, 0.2) is 91.3 Å².